The van der Waals surface area contributed by atoms with E-state index >= 15 is 0 Å². The Labute approximate surface area is 121 Å². The van der Waals surface area contributed by atoms with Crippen LogP contribution in [0.25, 0.3) is 0 Å². The van der Waals surface area contributed by atoms with Gasteiger partial charge in [0.05, 0.1) is 19.7 Å². The maximum absolute atomic E-state index is 5.78. The third-order valence-corrected chi connectivity index (χ3v) is 2.99. The van der Waals surface area contributed by atoms with Gasteiger partial charge in [-0.15, -0.1) is 6.58 Å². The maximum Gasteiger partial charge on any atom is 0.188 e. The first-order valence-corrected chi connectivity index (χ1v) is 6.53. The molecule has 0 heterocycles. The molecule has 0 saturated carbocycles. The predicted octanol–water partition coefficient (Wildman–Crippen LogP) is 1.39. The molecule has 1 rings (SSSR count). The molecular formula is C15H24N4O. The molecule has 0 fully saturated rings. The Hall–Kier alpha value is -2.01. The van der Waals surface area contributed by atoms with Crippen LogP contribution in [-0.4, -0.2) is 45.2 Å². The summed E-state index contributed by atoms with van der Waals surface area (Å²) >= 11 is 0. The van der Waals surface area contributed by atoms with Gasteiger partial charge in [0.25, 0.3) is 0 Å². The zero-order chi connectivity index (χ0) is 15.0. The van der Waals surface area contributed by atoms with Crippen LogP contribution in [0.4, 0.5) is 0 Å². The third kappa shape index (κ3) is 4.93. The first-order chi connectivity index (χ1) is 9.58. The number of benzene rings is 1. The third-order valence-electron chi connectivity index (χ3n) is 2.99. The zero-order valence-electron chi connectivity index (χ0n) is 12.5. The van der Waals surface area contributed by atoms with E-state index in [1.165, 1.54) is 5.56 Å². The van der Waals surface area contributed by atoms with Crippen molar-refractivity contribution in [3.8, 4) is 5.75 Å². The van der Waals surface area contributed by atoms with Gasteiger partial charge in [-0.05, 0) is 31.8 Å². The largest absolute Gasteiger partial charge is 0.497 e. The second kappa shape index (κ2) is 8.22. The summed E-state index contributed by atoms with van der Waals surface area (Å²) < 4.78 is 5.17. The van der Waals surface area contributed by atoms with Crippen LogP contribution in [0.15, 0.2) is 41.9 Å². The fourth-order valence-corrected chi connectivity index (χ4v) is 1.81. The van der Waals surface area contributed by atoms with Crippen molar-refractivity contribution >= 4 is 5.96 Å². The Kier molecular flexibility index (Phi) is 6.59. The molecule has 0 radical (unpaired) electrons. The van der Waals surface area contributed by atoms with Crippen molar-refractivity contribution in [2.24, 2.45) is 10.7 Å². The summed E-state index contributed by atoms with van der Waals surface area (Å²) in [6.07, 6.45) is 1.75. The van der Waals surface area contributed by atoms with Crippen LogP contribution in [0, 0.1) is 0 Å². The van der Waals surface area contributed by atoms with E-state index in [0.717, 1.165) is 5.75 Å². The summed E-state index contributed by atoms with van der Waals surface area (Å²) in [6.45, 7) is 4.84. The van der Waals surface area contributed by atoms with Gasteiger partial charge in [-0.25, -0.2) is 0 Å². The number of rotatable bonds is 7. The molecule has 1 aromatic carbocycles. The van der Waals surface area contributed by atoms with Crippen molar-refractivity contribution in [1.82, 2.24) is 10.2 Å². The average molecular weight is 276 g/mol. The first-order valence-electron chi connectivity index (χ1n) is 6.53. The second-order valence-corrected chi connectivity index (χ2v) is 4.65. The Bertz CT molecular complexity index is 440. The molecule has 3 N–H and O–H groups in total. The molecule has 1 atom stereocenters. The number of nitrogens with zero attached hydrogens (tertiary/aromatic N) is 2. The van der Waals surface area contributed by atoms with Crippen molar-refractivity contribution in [3.05, 3.63) is 42.5 Å². The molecule has 0 aliphatic heterocycles. The van der Waals surface area contributed by atoms with Gasteiger partial charge in [-0.3, -0.25) is 4.99 Å². The Morgan fingerprint density at radius 1 is 1.45 bits per heavy atom. The van der Waals surface area contributed by atoms with Crippen molar-refractivity contribution < 1.29 is 4.74 Å². The van der Waals surface area contributed by atoms with E-state index in [4.69, 9.17) is 10.5 Å². The van der Waals surface area contributed by atoms with Crippen LogP contribution in [0.5, 0.6) is 5.75 Å². The minimum absolute atomic E-state index is 0.171. The molecule has 20 heavy (non-hydrogen) atoms. The fourth-order valence-electron chi connectivity index (χ4n) is 1.81. The van der Waals surface area contributed by atoms with Crippen LogP contribution in [0.1, 0.15) is 11.6 Å². The highest BCUT2D eigenvalue weighted by Gasteiger charge is 2.13. The van der Waals surface area contributed by atoms with Crippen molar-refractivity contribution in [1.29, 1.82) is 0 Å². The molecule has 0 saturated heterocycles. The summed E-state index contributed by atoms with van der Waals surface area (Å²) in [4.78, 5) is 6.48. The second-order valence-electron chi connectivity index (χ2n) is 4.65. The normalized spacial score (nSPS) is 13.1. The highest BCUT2D eigenvalue weighted by atomic mass is 16.5. The van der Waals surface area contributed by atoms with E-state index in [9.17, 15) is 0 Å². The SMILES string of the molecule is C=CCNC(N)=NCC(c1ccc(OC)cc1)N(C)C. The van der Waals surface area contributed by atoms with Crippen LogP contribution in [-0.2, 0) is 0 Å². The van der Waals surface area contributed by atoms with Crippen LogP contribution >= 0.6 is 0 Å². The summed E-state index contributed by atoms with van der Waals surface area (Å²) in [5.74, 6) is 1.28. The number of methoxy groups -OCH3 is 1. The number of hydrogen-bond acceptors (Lipinski definition) is 3. The molecule has 0 aliphatic carbocycles. The van der Waals surface area contributed by atoms with Gasteiger partial charge in [0.1, 0.15) is 5.75 Å². The number of aliphatic imine (C=N–C) groups is 1. The fraction of sp³-hybridized carbons (Fsp3) is 0.400. The topological polar surface area (TPSA) is 62.9 Å². The number of guanidine groups is 1. The quantitative estimate of drug-likeness (QED) is 0.449. The van der Waals surface area contributed by atoms with E-state index in [2.05, 4.69) is 21.8 Å². The van der Waals surface area contributed by atoms with Gasteiger partial charge >= 0.3 is 0 Å². The predicted molar refractivity (Wildman–Crippen MR) is 84.1 cm³/mol. The Morgan fingerprint density at radius 3 is 2.60 bits per heavy atom. The summed E-state index contributed by atoms with van der Waals surface area (Å²) in [7, 11) is 5.71. The molecule has 1 unspecified atom stereocenters. The molecule has 0 amide bonds. The number of likely N-dealkylation sites (N-methyl/N-ethyl adjacent to an activating group) is 1. The number of nitrogens with two attached hydrogens (primary N) is 1. The number of nitrogens with one attached hydrogen (secondary N) is 1. The summed E-state index contributed by atoms with van der Waals surface area (Å²) in [5, 5.41) is 2.97. The molecule has 5 nitrogen and oxygen atoms in total. The molecule has 1 aromatic rings. The number of hydrogen-bond donors (Lipinski definition) is 2. The standard InChI is InChI=1S/C15H24N4O/c1-5-10-17-15(16)18-11-14(19(2)3)12-6-8-13(20-4)9-7-12/h5-9,14H,1,10-11H2,2-4H3,(H3,16,17,18). The van der Waals surface area contributed by atoms with E-state index in [-0.39, 0.29) is 6.04 Å². The van der Waals surface area contributed by atoms with E-state index in [1.807, 2.05) is 38.4 Å². The highest BCUT2D eigenvalue weighted by Crippen LogP contribution is 2.21. The molecule has 0 aromatic heterocycles. The van der Waals surface area contributed by atoms with Crippen LogP contribution in [0.3, 0.4) is 0 Å². The Balaban J connectivity index is 2.75. The first kappa shape index (κ1) is 16.0. The van der Waals surface area contributed by atoms with E-state index in [0.29, 0.717) is 19.0 Å². The monoisotopic (exact) mass is 276 g/mol. The average Bonchev–Trinajstić information content (AvgIpc) is 2.45. The van der Waals surface area contributed by atoms with Crippen LogP contribution < -0.4 is 15.8 Å². The molecule has 0 spiro atoms. The Morgan fingerprint density at radius 2 is 2.10 bits per heavy atom. The minimum atomic E-state index is 0.171. The lowest BCUT2D eigenvalue weighted by atomic mass is 10.1. The number of ether oxygens (including phenoxy) is 1. The minimum Gasteiger partial charge on any atom is -0.497 e. The molecular weight excluding hydrogens is 252 g/mol. The van der Waals surface area contributed by atoms with Crippen molar-refractivity contribution in [2.75, 3.05) is 34.3 Å². The lowest BCUT2D eigenvalue weighted by molar-refractivity contribution is 0.306. The summed E-state index contributed by atoms with van der Waals surface area (Å²) in [5.41, 5.74) is 6.96. The van der Waals surface area contributed by atoms with Gasteiger partial charge in [0, 0.05) is 6.54 Å². The zero-order valence-corrected chi connectivity index (χ0v) is 12.5. The van der Waals surface area contributed by atoms with Gasteiger partial charge < -0.3 is 20.7 Å². The smallest absolute Gasteiger partial charge is 0.188 e. The van der Waals surface area contributed by atoms with Gasteiger partial charge in [-0.2, -0.15) is 0 Å². The van der Waals surface area contributed by atoms with Gasteiger partial charge in [0.15, 0.2) is 5.96 Å². The lowest BCUT2D eigenvalue weighted by Crippen LogP contribution is -2.33. The maximum atomic E-state index is 5.78. The molecule has 0 bridgehead atoms. The highest BCUT2D eigenvalue weighted by molar-refractivity contribution is 5.77. The van der Waals surface area contributed by atoms with Gasteiger partial charge in [-0.1, -0.05) is 18.2 Å². The molecule has 5 heteroatoms. The van der Waals surface area contributed by atoms with Gasteiger partial charge in [0.2, 0.25) is 0 Å². The lowest BCUT2D eigenvalue weighted by Gasteiger charge is -2.23. The molecule has 110 valence electrons. The summed E-state index contributed by atoms with van der Waals surface area (Å²) in [6, 6.07) is 8.17. The van der Waals surface area contributed by atoms with E-state index in [1.54, 1.807) is 13.2 Å². The molecule has 0 aliphatic rings. The van der Waals surface area contributed by atoms with Crippen molar-refractivity contribution in [2.45, 2.75) is 6.04 Å². The van der Waals surface area contributed by atoms with Crippen LogP contribution in [0.2, 0.25) is 0 Å². The van der Waals surface area contributed by atoms with E-state index < -0.39 is 0 Å². The van der Waals surface area contributed by atoms with Crippen molar-refractivity contribution in [3.63, 3.8) is 0 Å².